The lowest BCUT2D eigenvalue weighted by molar-refractivity contribution is 0.568. The van der Waals surface area contributed by atoms with E-state index < -0.39 is 9.84 Å². The molecule has 8 nitrogen and oxygen atoms in total. The van der Waals surface area contributed by atoms with Crippen LogP contribution in [0.1, 0.15) is 30.4 Å². The van der Waals surface area contributed by atoms with Gasteiger partial charge in [-0.15, -0.1) is 5.10 Å². The Morgan fingerprint density at radius 2 is 2.12 bits per heavy atom. The maximum absolute atomic E-state index is 12.5. The predicted molar refractivity (Wildman–Crippen MR) is 89.4 cm³/mol. The van der Waals surface area contributed by atoms with Gasteiger partial charge in [0.25, 0.3) is 0 Å². The average molecular weight is 380 g/mol. The summed E-state index contributed by atoms with van der Waals surface area (Å²) >= 11 is 5.95. The van der Waals surface area contributed by atoms with Crippen LogP contribution in [0.4, 0.5) is 0 Å². The quantitative estimate of drug-likeness (QED) is 0.647. The molecule has 130 valence electrons. The van der Waals surface area contributed by atoms with Crippen LogP contribution < -0.4 is 0 Å². The van der Waals surface area contributed by atoms with Crippen molar-refractivity contribution in [3.8, 4) is 11.5 Å². The maximum atomic E-state index is 12.5. The summed E-state index contributed by atoms with van der Waals surface area (Å²) in [5.74, 6) is 0.223. The van der Waals surface area contributed by atoms with E-state index in [-0.39, 0.29) is 17.5 Å². The fourth-order valence-corrected chi connectivity index (χ4v) is 3.97. The molecule has 25 heavy (non-hydrogen) atoms. The molecule has 10 heteroatoms. The topological polar surface area (TPSA) is 104 Å². The van der Waals surface area contributed by atoms with E-state index in [1.54, 1.807) is 28.9 Å². The molecule has 0 aliphatic heterocycles. The highest BCUT2D eigenvalue weighted by molar-refractivity contribution is 7.89. The second-order valence-electron chi connectivity index (χ2n) is 5.96. The van der Waals surface area contributed by atoms with Gasteiger partial charge in [0.15, 0.2) is 15.7 Å². The first-order chi connectivity index (χ1) is 12.0. The van der Waals surface area contributed by atoms with Gasteiger partial charge >= 0.3 is 0 Å². The van der Waals surface area contributed by atoms with Crippen molar-refractivity contribution in [3.63, 3.8) is 0 Å². The Labute approximate surface area is 148 Å². The third kappa shape index (κ3) is 3.72. The molecule has 1 aliphatic rings. The Morgan fingerprint density at radius 3 is 2.88 bits per heavy atom. The van der Waals surface area contributed by atoms with Crippen LogP contribution in [-0.2, 0) is 21.3 Å². The summed E-state index contributed by atoms with van der Waals surface area (Å²) < 4.78 is 31.9. The van der Waals surface area contributed by atoms with Gasteiger partial charge in [-0.1, -0.05) is 17.7 Å². The minimum Gasteiger partial charge on any atom is -0.444 e. The number of benzene rings is 1. The molecule has 0 N–H and O–H groups in total. The van der Waals surface area contributed by atoms with Crippen LogP contribution in [0.3, 0.4) is 0 Å². The van der Waals surface area contributed by atoms with E-state index in [0.717, 1.165) is 12.8 Å². The summed E-state index contributed by atoms with van der Waals surface area (Å²) in [6, 6.07) is 7.23. The third-order valence-corrected chi connectivity index (χ3v) is 5.46. The Hall–Kier alpha value is -2.26. The van der Waals surface area contributed by atoms with Gasteiger partial charge in [-0.05, 0) is 41.5 Å². The molecule has 1 aromatic carbocycles. The van der Waals surface area contributed by atoms with E-state index in [1.807, 2.05) is 0 Å². The van der Waals surface area contributed by atoms with Gasteiger partial charge in [0.05, 0.1) is 17.5 Å². The van der Waals surface area contributed by atoms with Crippen molar-refractivity contribution in [2.45, 2.75) is 30.4 Å². The number of nitrogens with zero attached hydrogens (tertiary/aromatic N) is 5. The summed E-state index contributed by atoms with van der Waals surface area (Å²) in [5.41, 5.74) is 1.02. The molecule has 0 spiro atoms. The van der Waals surface area contributed by atoms with Crippen molar-refractivity contribution in [3.05, 3.63) is 47.1 Å². The van der Waals surface area contributed by atoms with Crippen LogP contribution in [0.5, 0.6) is 0 Å². The monoisotopic (exact) mass is 379 g/mol. The fourth-order valence-electron chi connectivity index (χ4n) is 2.51. The molecule has 0 amide bonds. The Bertz CT molecular complexity index is 1010. The highest BCUT2D eigenvalue weighted by atomic mass is 35.5. The minimum absolute atomic E-state index is 0.224. The van der Waals surface area contributed by atoms with Gasteiger partial charge in [0.2, 0.25) is 5.89 Å². The summed E-state index contributed by atoms with van der Waals surface area (Å²) in [5, 5.41) is 11.8. The summed E-state index contributed by atoms with van der Waals surface area (Å²) in [4.78, 5) is 4.24. The van der Waals surface area contributed by atoms with Crippen LogP contribution in [0.15, 0.2) is 34.9 Å². The number of sulfone groups is 1. The number of tetrazole rings is 1. The van der Waals surface area contributed by atoms with E-state index in [2.05, 4.69) is 20.5 Å². The van der Waals surface area contributed by atoms with Crippen molar-refractivity contribution < 1.29 is 12.8 Å². The highest BCUT2D eigenvalue weighted by Crippen LogP contribution is 2.34. The van der Waals surface area contributed by atoms with Gasteiger partial charge in [-0.2, -0.15) is 0 Å². The van der Waals surface area contributed by atoms with E-state index in [9.17, 15) is 8.42 Å². The molecule has 1 saturated carbocycles. The third-order valence-electron chi connectivity index (χ3n) is 3.79. The number of hydrogen-bond acceptors (Lipinski definition) is 7. The number of oxazole rings is 1. The summed E-state index contributed by atoms with van der Waals surface area (Å²) in [6.07, 6.45) is 3.30. The smallest absolute Gasteiger partial charge is 0.226 e. The molecular formula is C15H14ClN5O3S. The first-order valence-corrected chi connectivity index (χ1v) is 9.88. The first-order valence-electron chi connectivity index (χ1n) is 7.68. The highest BCUT2D eigenvalue weighted by Gasteiger charge is 2.29. The summed E-state index contributed by atoms with van der Waals surface area (Å²) in [7, 11) is -3.47. The molecule has 4 rings (SSSR count). The standard InChI is InChI=1S/C15H14ClN5O3S/c16-11-3-1-2-10(6-11)15-17-12(7-24-15)8-25(22,23)9-14-18-19-20-21(14)13-4-5-13/h1-3,6-7,13H,4-5,8-9H2. The number of rotatable bonds is 6. The van der Waals surface area contributed by atoms with Gasteiger partial charge < -0.3 is 4.42 Å². The molecule has 2 aromatic heterocycles. The van der Waals surface area contributed by atoms with Crippen LogP contribution in [0, 0.1) is 0 Å². The Morgan fingerprint density at radius 1 is 1.28 bits per heavy atom. The predicted octanol–water partition coefficient (Wildman–Crippen LogP) is 2.43. The molecule has 1 aliphatic carbocycles. The van der Waals surface area contributed by atoms with Gasteiger partial charge in [-0.25, -0.2) is 18.1 Å². The van der Waals surface area contributed by atoms with Crippen molar-refractivity contribution in [1.82, 2.24) is 25.2 Å². The van der Waals surface area contributed by atoms with Gasteiger partial charge in [0.1, 0.15) is 12.0 Å². The zero-order valence-electron chi connectivity index (χ0n) is 13.0. The lowest BCUT2D eigenvalue weighted by Crippen LogP contribution is -2.13. The number of halogens is 1. The normalized spacial score (nSPS) is 14.8. The van der Waals surface area contributed by atoms with Crippen molar-refractivity contribution in [2.75, 3.05) is 0 Å². The molecule has 0 unspecified atom stereocenters. The van der Waals surface area contributed by atoms with Crippen LogP contribution in [0.2, 0.25) is 5.02 Å². The first kappa shape index (κ1) is 16.2. The van der Waals surface area contributed by atoms with Crippen molar-refractivity contribution in [1.29, 1.82) is 0 Å². The molecule has 0 bridgehead atoms. The van der Waals surface area contributed by atoms with E-state index >= 15 is 0 Å². The number of hydrogen-bond donors (Lipinski definition) is 0. The summed E-state index contributed by atoms with van der Waals surface area (Å²) in [6.45, 7) is 0. The van der Waals surface area contributed by atoms with Gasteiger partial charge in [-0.3, -0.25) is 0 Å². The molecule has 0 atom stereocenters. The molecule has 1 fully saturated rings. The lowest BCUT2D eigenvalue weighted by atomic mass is 10.2. The largest absolute Gasteiger partial charge is 0.444 e. The minimum atomic E-state index is -3.47. The zero-order valence-corrected chi connectivity index (χ0v) is 14.6. The molecule has 0 radical (unpaired) electrons. The van der Waals surface area contributed by atoms with Crippen LogP contribution in [-0.4, -0.2) is 33.6 Å². The SMILES string of the molecule is O=S(=O)(Cc1coc(-c2cccc(Cl)c2)n1)Cc1nnnn1C1CC1. The van der Waals surface area contributed by atoms with E-state index in [0.29, 0.717) is 28.0 Å². The molecule has 2 heterocycles. The maximum Gasteiger partial charge on any atom is 0.226 e. The van der Waals surface area contributed by atoms with Gasteiger partial charge in [0, 0.05) is 10.6 Å². The molecule has 3 aromatic rings. The second-order valence-corrected chi connectivity index (χ2v) is 8.46. The van der Waals surface area contributed by atoms with Crippen molar-refractivity contribution in [2.24, 2.45) is 0 Å². The van der Waals surface area contributed by atoms with Crippen LogP contribution >= 0.6 is 11.6 Å². The second kappa shape index (κ2) is 6.23. The average Bonchev–Trinajstić information content (AvgIpc) is 3.13. The Balaban J connectivity index is 1.50. The Kier molecular flexibility index (Phi) is 4.04. The zero-order chi connectivity index (χ0) is 17.4. The van der Waals surface area contributed by atoms with E-state index in [4.69, 9.17) is 16.0 Å². The molecular weight excluding hydrogens is 366 g/mol. The fraction of sp³-hybridized carbons (Fsp3) is 0.333. The number of aromatic nitrogens is 5. The van der Waals surface area contributed by atoms with Crippen molar-refractivity contribution >= 4 is 21.4 Å². The lowest BCUT2D eigenvalue weighted by Gasteiger charge is -2.03. The molecule has 0 saturated heterocycles. The van der Waals surface area contributed by atoms with Crippen LogP contribution in [0.25, 0.3) is 11.5 Å². The van der Waals surface area contributed by atoms with E-state index in [1.165, 1.54) is 6.26 Å².